The summed E-state index contributed by atoms with van der Waals surface area (Å²) in [4.78, 5) is 0. The molecular formula is C13H19NO2. The summed E-state index contributed by atoms with van der Waals surface area (Å²) in [6.07, 6.45) is 1.38. The molecule has 1 aliphatic rings. The van der Waals surface area contributed by atoms with Crippen molar-refractivity contribution in [1.29, 1.82) is 0 Å². The molecule has 3 N–H and O–H groups in total. The van der Waals surface area contributed by atoms with Crippen LogP contribution in [0.4, 0.5) is 0 Å². The molecule has 0 saturated carbocycles. The second-order valence-corrected chi connectivity index (χ2v) is 4.79. The number of rotatable bonds is 2. The van der Waals surface area contributed by atoms with E-state index in [-0.39, 0.29) is 11.8 Å². The first-order valence-electron chi connectivity index (χ1n) is 5.84. The zero-order chi connectivity index (χ0) is 11.7. The van der Waals surface area contributed by atoms with Crippen molar-refractivity contribution in [2.75, 3.05) is 0 Å². The fourth-order valence-electron chi connectivity index (χ4n) is 2.37. The molecule has 3 nitrogen and oxygen atoms in total. The van der Waals surface area contributed by atoms with E-state index in [0.29, 0.717) is 6.04 Å². The number of hydrogen-bond donors (Lipinski definition) is 3. The second-order valence-electron chi connectivity index (χ2n) is 4.79. The quantitative estimate of drug-likeness (QED) is 0.713. The highest BCUT2D eigenvalue weighted by Gasteiger charge is 2.28. The van der Waals surface area contributed by atoms with Crippen molar-refractivity contribution in [3.8, 4) is 5.75 Å². The molecule has 0 amide bonds. The summed E-state index contributed by atoms with van der Waals surface area (Å²) < 4.78 is 0. The molecule has 1 aromatic rings. The Morgan fingerprint density at radius 3 is 2.81 bits per heavy atom. The summed E-state index contributed by atoms with van der Waals surface area (Å²) in [6, 6.07) is 5.71. The predicted octanol–water partition coefficient (Wildman–Crippen LogP) is 1.74. The molecule has 0 unspecified atom stereocenters. The van der Waals surface area contributed by atoms with Crippen molar-refractivity contribution in [3.05, 3.63) is 29.3 Å². The Kier molecular flexibility index (Phi) is 3.17. The van der Waals surface area contributed by atoms with E-state index < -0.39 is 6.10 Å². The molecule has 0 saturated heterocycles. The zero-order valence-electron chi connectivity index (χ0n) is 9.77. The Balaban J connectivity index is 2.23. The minimum Gasteiger partial charge on any atom is -0.508 e. The third-order valence-electron chi connectivity index (χ3n) is 3.10. The van der Waals surface area contributed by atoms with Gasteiger partial charge in [0, 0.05) is 12.1 Å². The lowest BCUT2D eigenvalue weighted by molar-refractivity contribution is 0.110. The fourth-order valence-corrected chi connectivity index (χ4v) is 2.37. The maximum Gasteiger partial charge on any atom is 0.115 e. The van der Waals surface area contributed by atoms with Crippen molar-refractivity contribution >= 4 is 0 Å². The van der Waals surface area contributed by atoms with E-state index in [1.165, 1.54) is 0 Å². The Morgan fingerprint density at radius 2 is 2.12 bits per heavy atom. The average molecular weight is 221 g/mol. The smallest absolute Gasteiger partial charge is 0.115 e. The van der Waals surface area contributed by atoms with Crippen molar-refractivity contribution in [2.45, 2.75) is 44.9 Å². The van der Waals surface area contributed by atoms with Crippen LogP contribution in [0.1, 0.15) is 37.5 Å². The molecular weight excluding hydrogens is 202 g/mol. The maximum atomic E-state index is 10.2. The van der Waals surface area contributed by atoms with E-state index in [2.05, 4.69) is 19.2 Å². The molecule has 2 rings (SSSR count). The number of nitrogens with one attached hydrogen (secondary N) is 1. The van der Waals surface area contributed by atoms with E-state index in [9.17, 15) is 10.2 Å². The number of aliphatic hydroxyl groups excluding tert-OH is 1. The summed E-state index contributed by atoms with van der Waals surface area (Å²) in [5.41, 5.74) is 2.01. The average Bonchev–Trinajstić information content (AvgIpc) is 2.22. The molecule has 16 heavy (non-hydrogen) atoms. The monoisotopic (exact) mass is 221 g/mol. The highest BCUT2D eigenvalue weighted by atomic mass is 16.3. The number of phenolic OH excluding ortho intramolecular Hbond substituents is 1. The number of phenols is 1. The Morgan fingerprint density at radius 1 is 1.38 bits per heavy atom. The van der Waals surface area contributed by atoms with Crippen molar-refractivity contribution in [2.24, 2.45) is 0 Å². The summed E-state index contributed by atoms with van der Waals surface area (Å²) in [7, 11) is 0. The van der Waals surface area contributed by atoms with Crippen LogP contribution >= 0.6 is 0 Å². The number of aryl methyl sites for hydroxylation is 1. The predicted molar refractivity (Wildman–Crippen MR) is 63.4 cm³/mol. The molecule has 3 heteroatoms. The van der Waals surface area contributed by atoms with Crippen molar-refractivity contribution < 1.29 is 10.2 Å². The van der Waals surface area contributed by atoms with Crippen LogP contribution in [0.15, 0.2) is 18.2 Å². The van der Waals surface area contributed by atoms with Gasteiger partial charge in [-0.2, -0.15) is 0 Å². The lowest BCUT2D eigenvalue weighted by Crippen LogP contribution is -2.41. The van der Waals surface area contributed by atoms with Crippen molar-refractivity contribution in [1.82, 2.24) is 5.32 Å². The molecule has 0 bridgehead atoms. The number of aromatic hydroxyl groups is 1. The van der Waals surface area contributed by atoms with Gasteiger partial charge in [-0.25, -0.2) is 0 Å². The lowest BCUT2D eigenvalue weighted by Gasteiger charge is -2.32. The van der Waals surface area contributed by atoms with E-state index in [4.69, 9.17) is 0 Å². The minimum atomic E-state index is -0.516. The van der Waals surface area contributed by atoms with Gasteiger partial charge in [0.25, 0.3) is 0 Å². The molecule has 0 aromatic heterocycles. The largest absolute Gasteiger partial charge is 0.508 e. The van der Waals surface area contributed by atoms with Gasteiger partial charge in [0.05, 0.1) is 6.10 Å². The van der Waals surface area contributed by atoms with Gasteiger partial charge in [0.1, 0.15) is 5.75 Å². The SMILES string of the molecule is CC(C)N[C@H]1CCc2ccc(O)cc2[C@@H]1O. The van der Waals surface area contributed by atoms with E-state index in [1.54, 1.807) is 12.1 Å². The summed E-state index contributed by atoms with van der Waals surface area (Å²) in [5, 5.41) is 23.0. The molecule has 1 aliphatic carbocycles. The second kappa shape index (κ2) is 4.44. The van der Waals surface area contributed by atoms with Crippen LogP contribution in [-0.4, -0.2) is 22.3 Å². The van der Waals surface area contributed by atoms with Crippen LogP contribution in [0.3, 0.4) is 0 Å². The van der Waals surface area contributed by atoms with Crippen LogP contribution < -0.4 is 5.32 Å². The molecule has 0 aliphatic heterocycles. The van der Waals surface area contributed by atoms with Gasteiger partial charge in [-0.05, 0) is 36.1 Å². The van der Waals surface area contributed by atoms with Crippen LogP contribution in [0.25, 0.3) is 0 Å². The van der Waals surface area contributed by atoms with Gasteiger partial charge >= 0.3 is 0 Å². The van der Waals surface area contributed by atoms with Gasteiger partial charge in [0.2, 0.25) is 0 Å². The molecule has 0 heterocycles. The first-order chi connectivity index (χ1) is 7.58. The van der Waals surface area contributed by atoms with Gasteiger partial charge in [-0.3, -0.25) is 0 Å². The van der Waals surface area contributed by atoms with Crippen LogP contribution in [0, 0.1) is 0 Å². The topological polar surface area (TPSA) is 52.5 Å². The summed E-state index contributed by atoms with van der Waals surface area (Å²) in [5.74, 6) is 0.225. The van der Waals surface area contributed by atoms with E-state index in [0.717, 1.165) is 24.0 Å². The lowest BCUT2D eigenvalue weighted by atomic mass is 9.85. The molecule has 0 fully saturated rings. The molecule has 88 valence electrons. The van der Waals surface area contributed by atoms with Crippen LogP contribution in [0.2, 0.25) is 0 Å². The van der Waals surface area contributed by atoms with E-state index in [1.807, 2.05) is 6.07 Å². The molecule has 2 atom stereocenters. The van der Waals surface area contributed by atoms with Gasteiger partial charge in [-0.15, -0.1) is 0 Å². The third-order valence-corrected chi connectivity index (χ3v) is 3.10. The van der Waals surface area contributed by atoms with Gasteiger partial charge in [-0.1, -0.05) is 19.9 Å². The normalized spacial score (nSPS) is 24.5. The Hall–Kier alpha value is -1.06. The van der Waals surface area contributed by atoms with Gasteiger partial charge in [0.15, 0.2) is 0 Å². The van der Waals surface area contributed by atoms with Gasteiger partial charge < -0.3 is 15.5 Å². The van der Waals surface area contributed by atoms with Crippen LogP contribution in [-0.2, 0) is 6.42 Å². The number of aliphatic hydroxyl groups is 1. The maximum absolute atomic E-state index is 10.2. The first kappa shape index (κ1) is 11.4. The third kappa shape index (κ3) is 2.20. The molecule has 0 spiro atoms. The summed E-state index contributed by atoms with van der Waals surface area (Å²) >= 11 is 0. The number of fused-ring (bicyclic) bond motifs is 1. The number of benzene rings is 1. The number of hydrogen-bond acceptors (Lipinski definition) is 3. The highest BCUT2D eigenvalue weighted by Crippen LogP contribution is 2.32. The zero-order valence-corrected chi connectivity index (χ0v) is 9.77. The molecule has 1 aromatic carbocycles. The van der Waals surface area contributed by atoms with Crippen LogP contribution in [0.5, 0.6) is 5.75 Å². The minimum absolute atomic E-state index is 0.0919. The standard InChI is InChI=1S/C13H19NO2/c1-8(2)14-12-6-4-9-3-5-10(15)7-11(9)13(12)16/h3,5,7-8,12-16H,4,6H2,1-2H3/t12-,13-/m0/s1. The Bertz CT molecular complexity index is 376. The Labute approximate surface area is 96.1 Å². The highest BCUT2D eigenvalue weighted by molar-refractivity contribution is 5.38. The van der Waals surface area contributed by atoms with Crippen molar-refractivity contribution in [3.63, 3.8) is 0 Å². The van der Waals surface area contributed by atoms with E-state index >= 15 is 0 Å². The summed E-state index contributed by atoms with van der Waals surface area (Å²) in [6.45, 7) is 4.15. The first-order valence-corrected chi connectivity index (χ1v) is 5.84. The fraction of sp³-hybridized carbons (Fsp3) is 0.538. The molecule has 0 radical (unpaired) electrons.